The Morgan fingerprint density at radius 2 is 2.30 bits per heavy atom. The summed E-state index contributed by atoms with van der Waals surface area (Å²) in [5.41, 5.74) is 0. The first-order valence-electron chi connectivity index (χ1n) is 6.32. The number of aliphatic hydroxyl groups is 1. The van der Waals surface area contributed by atoms with E-state index in [0.717, 1.165) is 6.42 Å². The number of rotatable bonds is 4. The minimum atomic E-state index is -3.54. The molecule has 0 bridgehead atoms. The first-order valence-corrected chi connectivity index (χ1v) is 9.37. The van der Waals surface area contributed by atoms with Gasteiger partial charge in [-0.15, -0.1) is 11.3 Å². The lowest BCUT2D eigenvalue weighted by Gasteiger charge is -2.35. The van der Waals surface area contributed by atoms with Crippen molar-refractivity contribution in [3.05, 3.63) is 14.7 Å². The Bertz CT molecular complexity index is 572. The van der Waals surface area contributed by atoms with E-state index >= 15 is 0 Å². The molecule has 2 rings (SSSR count). The highest BCUT2D eigenvalue weighted by atomic mass is 79.9. The summed E-state index contributed by atoms with van der Waals surface area (Å²) in [4.78, 5) is 0.861. The highest BCUT2D eigenvalue weighted by Crippen LogP contribution is 2.35. The van der Waals surface area contributed by atoms with Gasteiger partial charge in [0.1, 0.15) is 4.90 Å². The maximum atomic E-state index is 12.7. The summed E-state index contributed by atoms with van der Waals surface area (Å²) in [6.45, 7) is 2.79. The molecular formula is C12H18BrNO4S2. The van der Waals surface area contributed by atoms with Crippen LogP contribution in [0.4, 0.5) is 0 Å². The molecule has 1 aromatic heterocycles. The van der Waals surface area contributed by atoms with Crippen molar-refractivity contribution in [2.45, 2.75) is 31.0 Å². The number of aliphatic hydroxyl groups excluding tert-OH is 1. The van der Waals surface area contributed by atoms with Gasteiger partial charge in [-0.25, -0.2) is 8.42 Å². The molecule has 2 unspecified atom stereocenters. The first kappa shape index (κ1) is 16.4. The number of halogens is 1. The molecule has 5 nitrogen and oxygen atoms in total. The Balaban J connectivity index is 2.28. The highest BCUT2D eigenvalue weighted by Gasteiger charge is 2.35. The molecule has 1 N–H and O–H groups in total. The molecule has 1 aliphatic heterocycles. The van der Waals surface area contributed by atoms with Gasteiger partial charge in [0, 0.05) is 25.1 Å². The topological polar surface area (TPSA) is 66.8 Å². The van der Waals surface area contributed by atoms with Crippen LogP contribution in [0.3, 0.4) is 0 Å². The number of hydrogen-bond donors (Lipinski definition) is 1. The molecule has 0 aromatic carbocycles. The van der Waals surface area contributed by atoms with E-state index in [9.17, 15) is 8.42 Å². The van der Waals surface area contributed by atoms with Crippen molar-refractivity contribution in [2.75, 3.05) is 20.2 Å². The molecule has 1 fully saturated rings. The van der Waals surface area contributed by atoms with Crippen LogP contribution in [0.25, 0.3) is 0 Å². The number of hydrogen-bond acceptors (Lipinski definition) is 5. The zero-order chi connectivity index (χ0) is 14.9. The van der Waals surface area contributed by atoms with Crippen LogP contribution in [0.1, 0.15) is 18.2 Å². The standard InChI is InChI=1S/C12H18BrNO4S2/c1-8-3-4-14(6-10(8)18-2)20(16,17)11-5-9(7-15)19-12(11)13/h5,8,10,15H,3-4,6-7H2,1-2H3. The SMILES string of the molecule is COC1CN(S(=O)(=O)c2cc(CO)sc2Br)CCC1C. The maximum absolute atomic E-state index is 12.7. The van der Waals surface area contributed by atoms with E-state index in [0.29, 0.717) is 27.7 Å². The van der Waals surface area contributed by atoms with Gasteiger partial charge in [0.05, 0.1) is 16.5 Å². The molecule has 0 radical (unpaired) electrons. The van der Waals surface area contributed by atoms with E-state index in [1.165, 1.54) is 21.7 Å². The summed E-state index contributed by atoms with van der Waals surface area (Å²) in [5, 5.41) is 9.13. The summed E-state index contributed by atoms with van der Waals surface area (Å²) in [5.74, 6) is 0.352. The van der Waals surface area contributed by atoms with Crippen molar-refractivity contribution in [1.82, 2.24) is 4.31 Å². The lowest BCUT2D eigenvalue weighted by atomic mass is 9.97. The van der Waals surface area contributed by atoms with Crippen LogP contribution in [-0.4, -0.2) is 44.1 Å². The fourth-order valence-electron chi connectivity index (χ4n) is 2.32. The van der Waals surface area contributed by atoms with E-state index < -0.39 is 10.0 Å². The average molecular weight is 384 g/mol. The van der Waals surface area contributed by atoms with Gasteiger partial charge < -0.3 is 9.84 Å². The molecule has 1 aliphatic rings. The average Bonchev–Trinajstić information content (AvgIpc) is 2.81. The van der Waals surface area contributed by atoms with Gasteiger partial charge in [0.2, 0.25) is 10.0 Å². The van der Waals surface area contributed by atoms with Gasteiger partial charge in [0.25, 0.3) is 0 Å². The zero-order valence-electron chi connectivity index (χ0n) is 11.4. The monoisotopic (exact) mass is 383 g/mol. The lowest BCUT2D eigenvalue weighted by molar-refractivity contribution is 0.0184. The molecule has 1 saturated heterocycles. The van der Waals surface area contributed by atoms with Crippen LogP contribution in [0.5, 0.6) is 0 Å². The van der Waals surface area contributed by atoms with Gasteiger partial charge in [-0.2, -0.15) is 4.31 Å². The third-order valence-electron chi connectivity index (χ3n) is 3.64. The number of sulfonamides is 1. The highest BCUT2D eigenvalue weighted by molar-refractivity contribution is 9.11. The Morgan fingerprint density at radius 1 is 1.60 bits per heavy atom. The predicted octanol–water partition coefficient (Wildman–Crippen LogP) is 2.05. The molecule has 0 aliphatic carbocycles. The number of thiophene rings is 1. The summed E-state index contributed by atoms with van der Waals surface area (Å²) in [6.07, 6.45) is 0.708. The predicted molar refractivity (Wildman–Crippen MR) is 81.3 cm³/mol. The fourth-order valence-corrected chi connectivity index (χ4v) is 6.28. The molecule has 8 heteroatoms. The third-order valence-corrected chi connectivity index (χ3v) is 7.74. The molecule has 0 spiro atoms. The quantitative estimate of drug-likeness (QED) is 0.863. The van der Waals surface area contributed by atoms with Crippen LogP contribution >= 0.6 is 27.3 Å². The van der Waals surface area contributed by atoms with E-state index in [-0.39, 0.29) is 17.6 Å². The van der Waals surface area contributed by atoms with Crippen LogP contribution in [0.15, 0.2) is 14.7 Å². The van der Waals surface area contributed by atoms with Crippen molar-refractivity contribution in [3.63, 3.8) is 0 Å². The number of nitrogens with zero attached hydrogens (tertiary/aromatic N) is 1. The minimum Gasteiger partial charge on any atom is -0.391 e. The second kappa shape index (κ2) is 6.41. The van der Waals surface area contributed by atoms with E-state index in [4.69, 9.17) is 9.84 Å². The Hall–Kier alpha value is 0.01000. The molecular weight excluding hydrogens is 366 g/mol. The van der Waals surface area contributed by atoms with Gasteiger partial charge in [0.15, 0.2) is 0 Å². The van der Waals surface area contributed by atoms with Gasteiger partial charge in [-0.3, -0.25) is 0 Å². The van der Waals surface area contributed by atoms with Gasteiger partial charge in [-0.05, 0) is 34.3 Å². The third kappa shape index (κ3) is 3.10. The second-order valence-corrected chi connectivity index (χ2v) is 9.27. The Morgan fingerprint density at radius 3 is 2.85 bits per heavy atom. The first-order chi connectivity index (χ1) is 9.40. The number of ether oxygens (including phenoxy) is 1. The fraction of sp³-hybridized carbons (Fsp3) is 0.667. The molecule has 20 heavy (non-hydrogen) atoms. The van der Waals surface area contributed by atoms with Crippen molar-refractivity contribution >= 4 is 37.3 Å². The Labute approximate surface area is 131 Å². The largest absolute Gasteiger partial charge is 0.391 e. The molecule has 0 amide bonds. The minimum absolute atomic E-state index is 0.0757. The molecule has 2 atom stereocenters. The lowest BCUT2D eigenvalue weighted by Crippen LogP contribution is -2.46. The molecule has 114 valence electrons. The molecule has 0 saturated carbocycles. The smallest absolute Gasteiger partial charge is 0.245 e. The van der Waals surface area contributed by atoms with E-state index in [1.54, 1.807) is 7.11 Å². The van der Waals surface area contributed by atoms with Crippen molar-refractivity contribution in [2.24, 2.45) is 5.92 Å². The molecule has 1 aromatic rings. The van der Waals surface area contributed by atoms with Crippen LogP contribution in [0, 0.1) is 5.92 Å². The van der Waals surface area contributed by atoms with Crippen molar-refractivity contribution in [3.8, 4) is 0 Å². The normalized spacial score (nSPS) is 25.0. The van der Waals surface area contributed by atoms with Gasteiger partial charge in [-0.1, -0.05) is 6.92 Å². The van der Waals surface area contributed by atoms with E-state index in [2.05, 4.69) is 22.9 Å². The van der Waals surface area contributed by atoms with Crippen LogP contribution < -0.4 is 0 Å². The molecule has 2 heterocycles. The van der Waals surface area contributed by atoms with Crippen molar-refractivity contribution in [1.29, 1.82) is 0 Å². The summed E-state index contributed by atoms with van der Waals surface area (Å²) < 4.78 is 32.7. The van der Waals surface area contributed by atoms with E-state index in [1.807, 2.05) is 0 Å². The van der Waals surface area contributed by atoms with Crippen molar-refractivity contribution < 1.29 is 18.3 Å². The number of methoxy groups -OCH3 is 1. The zero-order valence-corrected chi connectivity index (χ0v) is 14.6. The summed E-state index contributed by atoms with van der Waals surface area (Å²) >= 11 is 4.52. The van der Waals surface area contributed by atoms with Crippen LogP contribution in [0.2, 0.25) is 0 Å². The second-order valence-electron chi connectivity index (χ2n) is 4.91. The Kier molecular flexibility index (Phi) is 5.25. The van der Waals surface area contributed by atoms with Crippen LogP contribution in [-0.2, 0) is 21.4 Å². The summed E-state index contributed by atoms with van der Waals surface area (Å²) in [7, 11) is -1.93. The maximum Gasteiger partial charge on any atom is 0.245 e. The summed E-state index contributed by atoms with van der Waals surface area (Å²) in [6, 6.07) is 1.53. The van der Waals surface area contributed by atoms with Gasteiger partial charge >= 0.3 is 0 Å². The number of piperidine rings is 1.